The summed E-state index contributed by atoms with van der Waals surface area (Å²) in [4.78, 5) is 13.0. The number of hydrogen-bond donors (Lipinski definition) is 0. The Hall–Kier alpha value is -3.35. The molecule has 1 aromatic heterocycles. The van der Waals surface area contributed by atoms with E-state index < -0.39 is 0 Å². The van der Waals surface area contributed by atoms with Crippen LogP contribution in [0.25, 0.3) is 22.3 Å². The van der Waals surface area contributed by atoms with E-state index in [1.54, 1.807) is 7.11 Å². The van der Waals surface area contributed by atoms with Gasteiger partial charge < -0.3 is 28.1 Å². The van der Waals surface area contributed by atoms with Crippen molar-refractivity contribution in [3.8, 4) is 40.1 Å². The van der Waals surface area contributed by atoms with Crippen molar-refractivity contribution in [1.29, 1.82) is 0 Å². The molecule has 0 N–H and O–H groups in total. The molecule has 0 saturated heterocycles. The van der Waals surface area contributed by atoms with Gasteiger partial charge in [0.25, 0.3) is 0 Å². The highest BCUT2D eigenvalue weighted by atomic mass is 16.5. The molecule has 1 heterocycles. The van der Waals surface area contributed by atoms with Crippen LogP contribution in [-0.2, 0) is 0 Å². The average Bonchev–Trinajstić information content (AvgIpc) is 2.71. The van der Waals surface area contributed by atoms with E-state index in [9.17, 15) is 4.79 Å². The lowest BCUT2D eigenvalue weighted by Gasteiger charge is -2.18. The van der Waals surface area contributed by atoms with Crippen LogP contribution in [0.15, 0.2) is 33.5 Å². The topological polar surface area (TPSA) is 76.4 Å². The Bertz CT molecular complexity index is 1080. The van der Waals surface area contributed by atoms with Crippen LogP contribution >= 0.6 is 0 Å². The number of aryl methyl sites for hydroxylation is 1. The summed E-state index contributed by atoms with van der Waals surface area (Å²) in [5.41, 5.74) is 1.57. The zero-order chi connectivity index (χ0) is 20.4. The molecular formula is C21H22O7. The quantitative estimate of drug-likeness (QED) is 0.637. The molecular weight excluding hydrogens is 364 g/mol. The van der Waals surface area contributed by atoms with Gasteiger partial charge in [-0.05, 0) is 30.7 Å². The summed E-state index contributed by atoms with van der Waals surface area (Å²) in [7, 11) is 7.45. The molecule has 0 radical (unpaired) electrons. The zero-order valence-corrected chi connectivity index (χ0v) is 16.7. The number of benzene rings is 2. The molecule has 0 aliphatic carbocycles. The second-order valence-corrected chi connectivity index (χ2v) is 6.00. The maximum atomic E-state index is 13.0. The van der Waals surface area contributed by atoms with Gasteiger partial charge in [-0.15, -0.1) is 0 Å². The zero-order valence-electron chi connectivity index (χ0n) is 16.7. The molecule has 3 aromatic rings. The molecule has 2 aromatic carbocycles. The predicted octanol–water partition coefficient (Wildman–Crippen LogP) is 3.81. The predicted molar refractivity (Wildman–Crippen MR) is 105 cm³/mol. The molecule has 0 unspecified atom stereocenters. The van der Waals surface area contributed by atoms with Crippen LogP contribution in [0.4, 0.5) is 0 Å². The van der Waals surface area contributed by atoms with E-state index >= 15 is 0 Å². The van der Waals surface area contributed by atoms with E-state index in [1.165, 1.54) is 34.5 Å². The number of hydrogen-bond acceptors (Lipinski definition) is 7. The van der Waals surface area contributed by atoms with Crippen molar-refractivity contribution in [2.45, 2.75) is 6.92 Å². The SMILES string of the molecule is COc1ccc(-c2cc(=O)c3c(OC)c(OC)c(OC)c(OC)c3o2)cc1C. The largest absolute Gasteiger partial charge is 0.496 e. The molecule has 0 aliphatic rings. The average molecular weight is 386 g/mol. The van der Waals surface area contributed by atoms with Crippen molar-refractivity contribution in [1.82, 2.24) is 0 Å². The Kier molecular flexibility index (Phi) is 5.35. The van der Waals surface area contributed by atoms with Gasteiger partial charge in [0.15, 0.2) is 16.8 Å². The maximum absolute atomic E-state index is 13.0. The number of rotatable bonds is 6. The van der Waals surface area contributed by atoms with Gasteiger partial charge in [0.1, 0.15) is 16.9 Å². The first-order valence-electron chi connectivity index (χ1n) is 8.49. The van der Waals surface area contributed by atoms with Crippen LogP contribution in [-0.4, -0.2) is 35.5 Å². The molecule has 0 fully saturated rings. The van der Waals surface area contributed by atoms with Crippen LogP contribution in [0.1, 0.15) is 5.56 Å². The van der Waals surface area contributed by atoms with Gasteiger partial charge in [-0.1, -0.05) is 0 Å². The molecule has 0 spiro atoms. The number of fused-ring (bicyclic) bond motifs is 1. The van der Waals surface area contributed by atoms with E-state index in [-0.39, 0.29) is 39.4 Å². The molecule has 0 saturated carbocycles. The van der Waals surface area contributed by atoms with Gasteiger partial charge in [-0.2, -0.15) is 0 Å². The van der Waals surface area contributed by atoms with Gasteiger partial charge in [-0.25, -0.2) is 0 Å². The molecule has 28 heavy (non-hydrogen) atoms. The fourth-order valence-corrected chi connectivity index (χ4v) is 3.22. The summed E-state index contributed by atoms with van der Waals surface area (Å²) in [5.74, 6) is 2.14. The van der Waals surface area contributed by atoms with Crippen LogP contribution in [0.2, 0.25) is 0 Å². The molecule has 0 atom stereocenters. The van der Waals surface area contributed by atoms with Crippen molar-refractivity contribution in [3.63, 3.8) is 0 Å². The lowest BCUT2D eigenvalue weighted by atomic mass is 10.1. The lowest BCUT2D eigenvalue weighted by molar-refractivity contribution is 0.307. The van der Waals surface area contributed by atoms with Crippen LogP contribution in [0.5, 0.6) is 28.7 Å². The van der Waals surface area contributed by atoms with Crippen molar-refractivity contribution < 1.29 is 28.1 Å². The van der Waals surface area contributed by atoms with Gasteiger partial charge in [0, 0.05) is 11.6 Å². The highest BCUT2D eigenvalue weighted by Gasteiger charge is 2.27. The molecule has 7 nitrogen and oxygen atoms in total. The summed E-state index contributed by atoms with van der Waals surface area (Å²) >= 11 is 0. The summed E-state index contributed by atoms with van der Waals surface area (Å²) in [5, 5.41) is 0.214. The van der Waals surface area contributed by atoms with Gasteiger partial charge in [0.05, 0.1) is 35.5 Å². The molecule has 148 valence electrons. The third kappa shape index (κ3) is 2.98. The lowest BCUT2D eigenvalue weighted by Crippen LogP contribution is -2.07. The summed E-state index contributed by atoms with van der Waals surface area (Å²) in [6.07, 6.45) is 0. The van der Waals surface area contributed by atoms with E-state index in [4.69, 9.17) is 28.1 Å². The first kappa shape index (κ1) is 19.4. The normalized spacial score (nSPS) is 10.6. The third-order valence-corrected chi connectivity index (χ3v) is 4.50. The second kappa shape index (κ2) is 7.72. The summed E-state index contributed by atoms with van der Waals surface area (Å²) < 4.78 is 33.1. The van der Waals surface area contributed by atoms with Crippen LogP contribution < -0.4 is 29.1 Å². The van der Waals surface area contributed by atoms with E-state index in [1.807, 2.05) is 25.1 Å². The Morgan fingerprint density at radius 1 is 0.750 bits per heavy atom. The standard InChI is InChI=1S/C21H22O7/c1-11-9-12(7-8-14(11)23-2)15-10-13(22)16-17(24-3)19(25-4)21(27-6)20(26-5)18(16)28-15/h7-10H,1-6H3. The molecule has 3 rings (SSSR count). The molecule has 0 bridgehead atoms. The number of methoxy groups -OCH3 is 5. The number of ether oxygens (including phenoxy) is 5. The summed E-state index contributed by atoms with van der Waals surface area (Å²) in [6, 6.07) is 6.94. The monoisotopic (exact) mass is 386 g/mol. The minimum atomic E-state index is -0.291. The van der Waals surface area contributed by atoms with Gasteiger partial charge in [-0.3, -0.25) is 4.79 Å². The van der Waals surface area contributed by atoms with Gasteiger partial charge >= 0.3 is 0 Å². The fourth-order valence-electron chi connectivity index (χ4n) is 3.22. The minimum absolute atomic E-state index is 0.214. The van der Waals surface area contributed by atoms with E-state index in [0.717, 1.165) is 16.9 Å². The Balaban J connectivity index is 2.39. The van der Waals surface area contributed by atoms with Crippen molar-refractivity contribution in [2.75, 3.05) is 35.5 Å². The molecule has 0 aliphatic heterocycles. The Labute approximate surface area is 162 Å². The van der Waals surface area contributed by atoms with E-state index in [0.29, 0.717) is 5.76 Å². The smallest absolute Gasteiger partial charge is 0.211 e. The minimum Gasteiger partial charge on any atom is -0.496 e. The first-order chi connectivity index (χ1) is 13.5. The molecule has 0 amide bonds. The van der Waals surface area contributed by atoms with Crippen LogP contribution in [0.3, 0.4) is 0 Å². The Morgan fingerprint density at radius 2 is 1.36 bits per heavy atom. The van der Waals surface area contributed by atoms with Crippen molar-refractivity contribution in [3.05, 3.63) is 40.1 Å². The van der Waals surface area contributed by atoms with E-state index in [2.05, 4.69) is 0 Å². The van der Waals surface area contributed by atoms with Crippen LogP contribution in [0, 0.1) is 6.92 Å². The van der Waals surface area contributed by atoms with Crippen molar-refractivity contribution in [2.24, 2.45) is 0 Å². The first-order valence-corrected chi connectivity index (χ1v) is 8.49. The van der Waals surface area contributed by atoms with Crippen molar-refractivity contribution >= 4 is 11.0 Å². The third-order valence-electron chi connectivity index (χ3n) is 4.50. The highest BCUT2D eigenvalue weighted by molar-refractivity contribution is 5.95. The maximum Gasteiger partial charge on any atom is 0.211 e. The highest BCUT2D eigenvalue weighted by Crippen LogP contribution is 2.50. The Morgan fingerprint density at radius 3 is 1.89 bits per heavy atom. The fraction of sp³-hybridized carbons (Fsp3) is 0.286. The van der Waals surface area contributed by atoms with Gasteiger partial charge in [0.2, 0.25) is 17.2 Å². The summed E-state index contributed by atoms with van der Waals surface area (Å²) in [6.45, 7) is 1.92. The molecule has 7 heteroatoms. The second-order valence-electron chi connectivity index (χ2n) is 6.00.